The Bertz CT molecular complexity index is 770. The minimum absolute atomic E-state index is 0.0459. The molecule has 24 heavy (non-hydrogen) atoms. The zero-order valence-electron chi connectivity index (χ0n) is 13.4. The maximum atomic E-state index is 13.0. The molecule has 0 saturated carbocycles. The van der Waals surface area contributed by atoms with Crippen LogP contribution in [0.1, 0.15) is 24.4 Å². The Labute approximate surface area is 141 Å². The molecule has 1 atom stereocenters. The standard InChI is InChI=1S/C20H20N2O2/c23-20(16-9-6-12-24-14-16)22-13-18(15-7-2-1-3-8-15)21-17-10-4-5-11-19(17)22/h1-5,7-8,10-11,14,18,21H,6,9,12-13H2. The van der Waals surface area contributed by atoms with E-state index in [1.165, 1.54) is 5.56 Å². The van der Waals surface area contributed by atoms with Crippen LogP contribution in [0.25, 0.3) is 0 Å². The first-order chi connectivity index (χ1) is 11.8. The molecule has 4 heteroatoms. The van der Waals surface area contributed by atoms with Crippen molar-refractivity contribution in [1.82, 2.24) is 0 Å². The lowest BCUT2D eigenvalue weighted by molar-refractivity contribution is -0.115. The molecule has 2 heterocycles. The highest BCUT2D eigenvalue weighted by atomic mass is 16.5. The molecule has 1 amide bonds. The quantitative estimate of drug-likeness (QED) is 0.913. The monoisotopic (exact) mass is 320 g/mol. The molecular formula is C20H20N2O2. The average Bonchev–Trinajstić information content (AvgIpc) is 2.68. The Balaban J connectivity index is 1.69. The van der Waals surface area contributed by atoms with Crippen molar-refractivity contribution in [1.29, 1.82) is 0 Å². The summed E-state index contributed by atoms with van der Waals surface area (Å²) in [5.41, 5.74) is 3.85. The van der Waals surface area contributed by atoms with E-state index >= 15 is 0 Å². The van der Waals surface area contributed by atoms with Gasteiger partial charge in [0.2, 0.25) is 0 Å². The zero-order chi connectivity index (χ0) is 16.4. The van der Waals surface area contributed by atoms with Crippen molar-refractivity contribution in [2.24, 2.45) is 0 Å². The van der Waals surface area contributed by atoms with Gasteiger partial charge in [0.25, 0.3) is 5.91 Å². The Kier molecular flexibility index (Phi) is 3.95. The van der Waals surface area contributed by atoms with Gasteiger partial charge in [0.15, 0.2) is 0 Å². The molecule has 0 aromatic heterocycles. The van der Waals surface area contributed by atoms with Crippen LogP contribution in [-0.4, -0.2) is 19.1 Å². The molecule has 0 fully saturated rings. The molecule has 4 nitrogen and oxygen atoms in total. The van der Waals surface area contributed by atoms with Gasteiger partial charge in [-0.3, -0.25) is 4.79 Å². The van der Waals surface area contributed by atoms with Gasteiger partial charge in [-0.2, -0.15) is 0 Å². The van der Waals surface area contributed by atoms with Crippen LogP contribution in [0, 0.1) is 0 Å². The minimum atomic E-state index is 0.0459. The van der Waals surface area contributed by atoms with Gasteiger partial charge < -0.3 is 15.0 Å². The summed E-state index contributed by atoms with van der Waals surface area (Å²) in [6.45, 7) is 1.30. The number of rotatable bonds is 2. The second-order valence-electron chi connectivity index (χ2n) is 6.16. The second-order valence-corrected chi connectivity index (χ2v) is 6.16. The predicted octanol–water partition coefficient (Wildman–Crippen LogP) is 3.88. The SMILES string of the molecule is O=C(C1=COCCC1)N1CC(c2ccccc2)Nc2ccccc21. The fourth-order valence-electron chi connectivity index (χ4n) is 3.31. The molecule has 0 bridgehead atoms. The number of hydrogen-bond acceptors (Lipinski definition) is 3. The van der Waals surface area contributed by atoms with Gasteiger partial charge in [0.1, 0.15) is 0 Å². The molecule has 122 valence electrons. The molecule has 0 spiro atoms. The molecule has 0 radical (unpaired) electrons. The summed E-state index contributed by atoms with van der Waals surface area (Å²) >= 11 is 0. The molecular weight excluding hydrogens is 300 g/mol. The summed E-state index contributed by atoms with van der Waals surface area (Å²) in [5.74, 6) is 0.0459. The number of ether oxygens (including phenoxy) is 1. The highest BCUT2D eigenvalue weighted by molar-refractivity contribution is 6.07. The van der Waals surface area contributed by atoms with E-state index in [2.05, 4.69) is 17.4 Å². The average molecular weight is 320 g/mol. The van der Waals surface area contributed by atoms with Crippen LogP contribution in [0.2, 0.25) is 0 Å². The van der Waals surface area contributed by atoms with Crippen molar-refractivity contribution in [2.45, 2.75) is 18.9 Å². The lowest BCUT2D eigenvalue weighted by atomic mass is 10.0. The van der Waals surface area contributed by atoms with Crippen molar-refractivity contribution in [3.63, 3.8) is 0 Å². The number of benzene rings is 2. The summed E-state index contributed by atoms with van der Waals surface area (Å²) in [7, 11) is 0. The molecule has 0 aliphatic carbocycles. The summed E-state index contributed by atoms with van der Waals surface area (Å²) in [5, 5.41) is 3.56. The normalized spacial score (nSPS) is 19.6. The number of nitrogens with one attached hydrogen (secondary N) is 1. The van der Waals surface area contributed by atoms with Crippen molar-refractivity contribution in [3.05, 3.63) is 72.0 Å². The van der Waals surface area contributed by atoms with Crippen molar-refractivity contribution in [3.8, 4) is 0 Å². The Hall–Kier alpha value is -2.75. The van der Waals surface area contributed by atoms with Gasteiger partial charge >= 0.3 is 0 Å². The molecule has 2 aromatic rings. The van der Waals surface area contributed by atoms with E-state index in [1.54, 1.807) is 6.26 Å². The highest BCUT2D eigenvalue weighted by Gasteiger charge is 2.30. The molecule has 1 N–H and O–H groups in total. The first-order valence-electron chi connectivity index (χ1n) is 8.36. The van der Waals surface area contributed by atoms with Gasteiger partial charge in [-0.15, -0.1) is 0 Å². The second kappa shape index (κ2) is 6.40. The number of amides is 1. The predicted molar refractivity (Wildman–Crippen MR) is 94.9 cm³/mol. The highest BCUT2D eigenvalue weighted by Crippen LogP contribution is 2.36. The summed E-state index contributed by atoms with van der Waals surface area (Å²) in [4.78, 5) is 14.9. The van der Waals surface area contributed by atoms with E-state index in [0.29, 0.717) is 13.2 Å². The molecule has 2 aliphatic rings. The summed E-state index contributed by atoms with van der Waals surface area (Å²) in [6, 6.07) is 18.3. The fraction of sp³-hybridized carbons (Fsp3) is 0.250. The Morgan fingerprint density at radius 1 is 1.08 bits per heavy atom. The number of para-hydroxylation sites is 2. The van der Waals surface area contributed by atoms with E-state index in [0.717, 1.165) is 29.8 Å². The maximum Gasteiger partial charge on any atom is 0.257 e. The lowest BCUT2D eigenvalue weighted by Gasteiger charge is -2.36. The Morgan fingerprint density at radius 3 is 2.67 bits per heavy atom. The number of carbonyl (C=O) groups is 1. The van der Waals surface area contributed by atoms with Crippen molar-refractivity contribution >= 4 is 17.3 Å². The maximum absolute atomic E-state index is 13.0. The van der Waals surface area contributed by atoms with Crippen LogP contribution in [0.15, 0.2) is 66.4 Å². The van der Waals surface area contributed by atoms with Crippen LogP contribution in [-0.2, 0) is 9.53 Å². The van der Waals surface area contributed by atoms with E-state index in [1.807, 2.05) is 47.4 Å². The first kappa shape index (κ1) is 14.8. The minimum Gasteiger partial charge on any atom is -0.501 e. The summed E-state index contributed by atoms with van der Waals surface area (Å²) < 4.78 is 5.37. The zero-order valence-corrected chi connectivity index (χ0v) is 13.4. The topological polar surface area (TPSA) is 41.6 Å². The molecule has 2 aromatic carbocycles. The van der Waals surface area contributed by atoms with Crippen molar-refractivity contribution < 1.29 is 9.53 Å². The van der Waals surface area contributed by atoms with E-state index in [-0.39, 0.29) is 11.9 Å². The van der Waals surface area contributed by atoms with E-state index < -0.39 is 0 Å². The first-order valence-corrected chi connectivity index (χ1v) is 8.36. The molecule has 2 aliphatic heterocycles. The third kappa shape index (κ3) is 2.75. The lowest BCUT2D eigenvalue weighted by Crippen LogP contribution is -2.41. The Morgan fingerprint density at radius 2 is 1.88 bits per heavy atom. The molecule has 0 saturated heterocycles. The van der Waals surface area contributed by atoms with Crippen LogP contribution in [0.3, 0.4) is 0 Å². The number of carbonyl (C=O) groups excluding carboxylic acids is 1. The third-order valence-electron chi connectivity index (χ3n) is 4.55. The number of nitrogens with zero attached hydrogens (tertiary/aromatic N) is 1. The van der Waals surface area contributed by atoms with Gasteiger partial charge in [-0.1, -0.05) is 42.5 Å². The van der Waals surface area contributed by atoms with Crippen LogP contribution >= 0.6 is 0 Å². The fourth-order valence-corrected chi connectivity index (χ4v) is 3.31. The largest absolute Gasteiger partial charge is 0.501 e. The molecule has 1 unspecified atom stereocenters. The van der Waals surface area contributed by atoms with Gasteiger partial charge in [-0.05, 0) is 30.5 Å². The smallest absolute Gasteiger partial charge is 0.257 e. The van der Waals surface area contributed by atoms with Crippen molar-refractivity contribution in [2.75, 3.05) is 23.4 Å². The number of anilines is 2. The number of hydrogen-bond donors (Lipinski definition) is 1. The van der Waals surface area contributed by atoms with Crippen LogP contribution in [0.5, 0.6) is 0 Å². The van der Waals surface area contributed by atoms with Crippen LogP contribution in [0.4, 0.5) is 11.4 Å². The van der Waals surface area contributed by atoms with Crippen LogP contribution < -0.4 is 10.2 Å². The number of fused-ring (bicyclic) bond motifs is 1. The van der Waals surface area contributed by atoms with Gasteiger partial charge in [-0.25, -0.2) is 0 Å². The third-order valence-corrected chi connectivity index (χ3v) is 4.55. The van der Waals surface area contributed by atoms with E-state index in [9.17, 15) is 4.79 Å². The van der Waals surface area contributed by atoms with E-state index in [4.69, 9.17) is 4.74 Å². The van der Waals surface area contributed by atoms with Gasteiger partial charge in [0.05, 0.1) is 42.4 Å². The van der Waals surface area contributed by atoms with Gasteiger partial charge in [0, 0.05) is 0 Å². The summed E-state index contributed by atoms with van der Waals surface area (Å²) in [6.07, 6.45) is 3.31. The molecule has 4 rings (SSSR count).